The molecule has 2 N–H and O–H groups in total. The molecule has 6 nitrogen and oxygen atoms in total. The number of halogens is 2. The average Bonchev–Trinajstić information content (AvgIpc) is 2.90. The average molecular weight is 355 g/mol. The number of ether oxygens (including phenoxy) is 1. The summed E-state index contributed by atoms with van der Waals surface area (Å²) in [5.41, 5.74) is -0.0321. The standard InChI is InChI=1S/C12H15ClN2O4S.ClH/c1-19-12(16)10-3-2-8(13)6-11(10)20(17,18)15-9-4-5-14-7-9;/h2-3,6,9,14-15H,4-5,7H2,1H3;1H. The lowest BCUT2D eigenvalue weighted by Gasteiger charge is -2.14. The number of esters is 1. The summed E-state index contributed by atoms with van der Waals surface area (Å²) < 4.78 is 31.9. The van der Waals surface area contributed by atoms with Crippen molar-refractivity contribution >= 4 is 40.0 Å². The molecule has 1 aromatic carbocycles. The Morgan fingerprint density at radius 3 is 2.76 bits per heavy atom. The zero-order chi connectivity index (χ0) is 14.8. The van der Waals surface area contributed by atoms with Crippen molar-refractivity contribution in [3.63, 3.8) is 0 Å². The van der Waals surface area contributed by atoms with Gasteiger partial charge in [-0.2, -0.15) is 0 Å². The van der Waals surface area contributed by atoms with Gasteiger partial charge < -0.3 is 10.1 Å². The number of nitrogens with one attached hydrogen (secondary N) is 2. The molecule has 1 heterocycles. The minimum atomic E-state index is -3.83. The second kappa shape index (κ2) is 7.42. The Morgan fingerprint density at radius 1 is 1.48 bits per heavy atom. The summed E-state index contributed by atoms with van der Waals surface area (Å²) in [6.45, 7) is 1.32. The number of carbonyl (C=O) groups is 1. The summed E-state index contributed by atoms with van der Waals surface area (Å²) in [7, 11) is -2.63. The minimum absolute atomic E-state index is 0. The van der Waals surface area contributed by atoms with Gasteiger partial charge in [0.1, 0.15) is 0 Å². The van der Waals surface area contributed by atoms with Crippen molar-refractivity contribution in [3.05, 3.63) is 28.8 Å². The Labute approximate surface area is 134 Å². The van der Waals surface area contributed by atoms with Crippen molar-refractivity contribution < 1.29 is 17.9 Å². The van der Waals surface area contributed by atoms with E-state index in [9.17, 15) is 13.2 Å². The van der Waals surface area contributed by atoms with Crippen molar-refractivity contribution in [2.75, 3.05) is 20.2 Å². The van der Waals surface area contributed by atoms with Crippen molar-refractivity contribution in [1.29, 1.82) is 0 Å². The molecule has 21 heavy (non-hydrogen) atoms. The van der Waals surface area contributed by atoms with Gasteiger partial charge in [0.05, 0.1) is 17.6 Å². The van der Waals surface area contributed by atoms with Gasteiger partial charge in [0.2, 0.25) is 10.0 Å². The maximum absolute atomic E-state index is 12.4. The van der Waals surface area contributed by atoms with E-state index in [1.807, 2.05) is 0 Å². The first kappa shape index (κ1) is 18.2. The van der Waals surface area contributed by atoms with Crippen LogP contribution < -0.4 is 10.0 Å². The van der Waals surface area contributed by atoms with Gasteiger partial charge in [0.25, 0.3) is 0 Å². The van der Waals surface area contributed by atoms with Crippen molar-refractivity contribution in [2.45, 2.75) is 17.4 Å². The quantitative estimate of drug-likeness (QED) is 0.793. The summed E-state index contributed by atoms with van der Waals surface area (Å²) in [5.74, 6) is -0.716. The number of hydrogen-bond donors (Lipinski definition) is 2. The van der Waals surface area contributed by atoms with Crippen molar-refractivity contribution in [1.82, 2.24) is 10.0 Å². The lowest BCUT2D eigenvalue weighted by Crippen LogP contribution is -2.36. The molecule has 0 aromatic heterocycles. The van der Waals surface area contributed by atoms with E-state index in [-0.39, 0.29) is 33.9 Å². The molecule has 118 valence electrons. The molecule has 1 aliphatic heterocycles. The van der Waals surface area contributed by atoms with Gasteiger partial charge in [-0.25, -0.2) is 17.9 Å². The maximum atomic E-state index is 12.4. The Bertz CT molecular complexity index is 616. The second-order valence-electron chi connectivity index (χ2n) is 4.44. The highest BCUT2D eigenvalue weighted by Gasteiger charge is 2.27. The largest absolute Gasteiger partial charge is 0.465 e. The van der Waals surface area contributed by atoms with Crippen molar-refractivity contribution in [3.8, 4) is 0 Å². The van der Waals surface area contributed by atoms with Crippen LogP contribution in [0.5, 0.6) is 0 Å². The summed E-state index contributed by atoms with van der Waals surface area (Å²) in [5, 5.41) is 3.30. The summed E-state index contributed by atoms with van der Waals surface area (Å²) in [6.07, 6.45) is 0.702. The minimum Gasteiger partial charge on any atom is -0.465 e. The second-order valence-corrected chi connectivity index (χ2v) is 6.56. The number of carbonyl (C=O) groups excluding carboxylic acids is 1. The van der Waals surface area contributed by atoms with Crippen LogP contribution in [0.15, 0.2) is 23.1 Å². The molecule has 0 aliphatic carbocycles. The molecule has 0 radical (unpaired) electrons. The van der Waals surface area contributed by atoms with Crippen molar-refractivity contribution in [2.24, 2.45) is 0 Å². The SMILES string of the molecule is COC(=O)c1ccc(Cl)cc1S(=O)(=O)NC1CCNC1.Cl. The monoisotopic (exact) mass is 354 g/mol. The lowest BCUT2D eigenvalue weighted by molar-refractivity contribution is 0.0596. The third-order valence-corrected chi connectivity index (χ3v) is 4.82. The van der Waals surface area contributed by atoms with Crippen LogP contribution in [0.3, 0.4) is 0 Å². The maximum Gasteiger partial charge on any atom is 0.339 e. The van der Waals surface area contributed by atoms with E-state index in [0.717, 1.165) is 6.54 Å². The predicted molar refractivity (Wildman–Crippen MR) is 81.6 cm³/mol. The topological polar surface area (TPSA) is 84.5 Å². The number of rotatable bonds is 4. The van der Waals surface area contributed by atoms with Gasteiger partial charge in [0, 0.05) is 17.6 Å². The van der Waals surface area contributed by atoms with Gasteiger partial charge in [-0.1, -0.05) is 11.6 Å². The van der Waals surface area contributed by atoms with E-state index < -0.39 is 16.0 Å². The van der Waals surface area contributed by atoms with E-state index >= 15 is 0 Å². The van der Waals surface area contributed by atoms with Crippen LogP contribution in [0, 0.1) is 0 Å². The van der Waals surface area contributed by atoms with Crippen LogP contribution >= 0.6 is 24.0 Å². The number of hydrogen-bond acceptors (Lipinski definition) is 5. The van der Waals surface area contributed by atoms with Gasteiger partial charge in [0.15, 0.2) is 0 Å². The summed E-state index contributed by atoms with van der Waals surface area (Å²) in [4.78, 5) is 11.5. The van der Waals surface area contributed by atoms with E-state index in [4.69, 9.17) is 11.6 Å². The van der Waals surface area contributed by atoms with Gasteiger partial charge >= 0.3 is 5.97 Å². The normalized spacial score (nSPS) is 18.1. The first-order chi connectivity index (χ1) is 9.44. The van der Waals surface area contributed by atoms with Crippen LogP contribution in [0.4, 0.5) is 0 Å². The molecular weight excluding hydrogens is 339 g/mol. The van der Waals surface area contributed by atoms with Gasteiger partial charge in [-0.15, -0.1) is 12.4 Å². The Hall–Kier alpha value is -0.860. The van der Waals surface area contributed by atoms with Crippen LogP contribution in [0.2, 0.25) is 5.02 Å². The first-order valence-corrected chi connectivity index (χ1v) is 7.91. The molecule has 2 rings (SSSR count). The summed E-state index contributed by atoms with van der Waals surface area (Å²) in [6, 6.07) is 3.85. The molecule has 0 spiro atoms. The Kier molecular flexibility index (Phi) is 6.42. The van der Waals surface area contributed by atoms with E-state index in [1.54, 1.807) is 0 Å². The number of benzene rings is 1. The van der Waals surface area contributed by atoms with Gasteiger partial charge in [-0.05, 0) is 31.2 Å². The predicted octanol–water partition coefficient (Wildman–Crippen LogP) is 1.19. The molecular formula is C12H16Cl2N2O4S. The molecule has 0 bridgehead atoms. The molecule has 1 aliphatic rings. The molecule has 0 amide bonds. The van der Waals surface area contributed by atoms with E-state index in [1.165, 1.54) is 25.3 Å². The zero-order valence-corrected chi connectivity index (χ0v) is 13.6. The van der Waals surface area contributed by atoms with Crippen LogP contribution in [-0.4, -0.2) is 40.6 Å². The first-order valence-electron chi connectivity index (χ1n) is 6.05. The smallest absolute Gasteiger partial charge is 0.339 e. The molecule has 1 saturated heterocycles. The highest BCUT2D eigenvalue weighted by Crippen LogP contribution is 2.22. The third-order valence-electron chi connectivity index (χ3n) is 3.02. The molecule has 1 atom stereocenters. The molecule has 1 unspecified atom stereocenters. The van der Waals surface area contributed by atoms with Gasteiger partial charge in [-0.3, -0.25) is 0 Å². The van der Waals surface area contributed by atoms with E-state index in [2.05, 4.69) is 14.8 Å². The molecule has 9 heteroatoms. The van der Waals surface area contributed by atoms with Crippen LogP contribution in [0.25, 0.3) is 0 Å². The number of methoxy groups -OCH3 is 1. The Morgan fingerprint density at radius 2 is 2.19 bits per heavy atom. The van der Waals surface area contributed by atoms with Crippen LogP contribution in [0.1, 0.15) is 16.8 Å². The van der Waals surface area contributed by atoms with Crippen LogP contribution in [-0.2, 0) is 14.8 Å². The lowest BCUT2D eigenvalue weighted by atomic mass is 10.2. The Balaban J connectivity index is 0.00000220. The zero-order valence-electron chi connectivity index (χ0n) is 11.3. The molecule has 1 aromatic rings. The molecule has 1 fully saturated rings. The highest BCUT2D eigenvalue weighted by atomic mass is 35.5. The third kappa shape index (κ3) is 4.31. The van der Waals surface area contributed by atoms with E-state index in [0.29, 0.717) is 13.0 Å². The highest BCUT2D eigenvalue weighted by molar-refractivity contribution is 7.89. The fraction of sp³-hybridized carbons (Fsp3) is 0.417. The summed E-state index contributed by atoms with van der Waals surface area (Å²) >= 11 is 5.83. The number of sulfonamides is 1. The molecule has 0 saturated carbocycles. The fourth-order valence-electron chi connectivity index (χ4n) is 2.04. The fourth-order valence-corrected chi connectivity index (χ4v) is 3.76.